The number of rotatable bonds is 5. The Morgan fingerprint density at radius 2 is 1.84 bits per heavy atom. The number of hydrogen-bond donors (Lipinski definition) is 2. The molecular formula is C23H25ClN2O4S. The summed E-state index contributed by atoms with van der Waals surface area (Å²) in [5, 5.41) is 6.74. The van der Waals surface area contributed by atoms with Gasteiger partial charge in [0.25, 0.3) is 0 Å². The van der Waals surface area contributed by atoms with Gasteiger partial charge in [-0.1, -0.05) is 36.4 Å². The fraction of sp³-hybridized carbons (Fsp3) is 0.348. The molecule has 4 rings (SSSR count). The van der Waals surface area contributed by atoms with Crippen molar-refractivity contribution in [2.24, 2.45) is 5.14 Å². The second-order valence-electron chi connectivity index (χ2n) is 8.02. The number of alkyl halides is 1. The molecule has 8 heteroatoms. The molecule has 1 heterocycles. The molecule has 6 nitrogen and oxygen atoms in total. The first-order valence-corrected chi connectivity index (χ1v) is 12.3. The van der Waals surface area contributed by atoms with E-state index in [4.69, 9.17) is 21.5 Å². The first kappa shape index (κ1) is 21.9. The van der Waals surface area contributed by atoms with Gasteiger partial charge in [-0.3, -0.25) is 4.79 Å². The van der Waals surface area contributed by atoms with Crippen LogP contribution >= 0.6 is 11.6 Å². The van der Waals surface area contributed by atoms with E-state index in [1.54, 1.807) is 6.07 Å². The van der Waals surface area contributed by atoms with Crippen molar-refractivity contribution in [1.29, 1.82) is 0 Å². The number of H-pyrrole nitrogens is 1. The fourth-order valence-electron chi connectivity index (χ4n) is 4.51. The standard InChI is InChI=1S/C23H25ClN2O4S/c1-14(27)30-13-20-18-5-2-3-8-21(18)26-22(20)19-7-4-6-17(23(19)31(25,28)29)15-9-11-16(24)12-10-15/h2-8,15-16,26H,9-13H2,1H3,(H2,25,28,29). The molecule has 1 aromatic heterocycles. The number of halogens is 1. The average Bonchev–Trinajstić information content (AvgIpc) is 3.10. The van der Waals surface area contributed by atoms with Gasteiger partial charge in [0.1, 0.15) is 6.61 Å². The van der Waals surface area contributed by atoms with E-state index in [2.05, 4.69) is 4.98 Å². The van der Waals surface area contributed by atoms with E-state index in [0.29, 0.717) is 11.3 Å². The van der Waals surface area contributed by atoms with Crippen LogP contribution in [0.1, 0.15) is 49.7 Å². The smallest absolute Gasteiger partial charge is 0.302 e. The molecule has 31 heavy (non-hydrogen) atoms. The van der Waals surface area contributed by atoms with Crippen LogP contribution in [0.3, 0.4) is 0 Å². The Kier molecular flexibility index (Phi) is 6.10. The number of aromatic amines is 1. The lowest BCUT2D eigenvalue weighted by atomic mass is 9.83. The van der Waals surface area contributed by atoms with E-state index >= 15 is 0 Å². The summed E-state index contributed by atoms with van der Waals surface area (Å²) >= 11 is 6.26. The van der Waals surface area contributed by atoms with Crippen LogP contribution in [0.5, 0.6) is 0 Å². The molecule has 1 aliphatic carbocycles. The minimum atomic E-state index is -4.02. The van der Waals surface area contributed by atoms with Gasteiger partial charge >= 0.3 is 5.97 Å². The van der Waals surface area contributed by atoms with E-state index in [0.717, 1.165) is 47.7 Å². The summed E-state index contributed by atoms with van der Waals surface area (Å²) in [6.07, 6.45) is 3.30. The molecule has 2 aromatic carbocycles. The van der Waals surface area contributed by atoms with Crippen LogP contribution < -0.4 is 5.14 Å². The number of carbonyl (C=O) groups is 1. The maximum absolute atomic E-state index is 12.8. The van der Waals surface area contributed by atoms with Crippen LogP contribution in [0.15, 0.2) is 47.4 Å². The number of benzene rings is 2. The van der Waals surface area contributed by atoms with Gasteiger partial charge in [0.2, 0.25) is 10.0 Å². The van der Waals surface area contributed by atoms with Crippen LogP contribution in [-0.2, 0) is 26.2 Å². The Balaban J connectivity index is 1.92. The van der Waals surface area contributed by atoms with E-state index < -0.39 is 16.0 Å². The van der Waals surface area contributed by atoms with Gasteiger partial charge in [-0.25, -0.2) is 13.6 Å². The van der Waals surface area contributed by atoms with Gasteiger partial charge < -0.3 is 9.72 Å². The highest BCUT2D eigenvalue weighted by Gasteiger charge is 2.29. The highest BCUT2D eigenvalue weighted by Crippen LogP contribution is 2.42. The number of carbonyl (C=O) groups excluding carboxylic acids is 1. The number of fused-ring (bicyclic) bond motifs is 1. The summed E-state index contributed by atoms with van der Waals surface area (Å²) in [7, 11) is -4.02. The zero-order chi connectivity index (χ0) is 22.2. The third-order valence-electron chi connectivity index (χ3n) is 5.93. The molecule has 0 bridgehead atoms. The Bertz CT molecular complexity index is 1230. The molecule has 164 valence electrons. The lowest BCUT2D eigenvalue weighted by Crippen LogP contribution is -2.20. The predicted octanol–water partition coefficient (Wildman–Crippen LogP) is 4.81. The van der Waals surface area contributed by atoms with Crippen molar-refractivity contribution in [2.45, 2.75) is 55.4 Å². The number of nitrogens with one attached hydrogen (secondary N) is 1. The third-order valence-corrected chi connectivity index (χ3v) is 7.39. The molecule has 1 fully saturated rings. The molecule has 0 saturated heterocycles. The van der Waals surface area contributed by atoms with Gasteiger partial charge in [-0.05, 0) is 43.2 Å². The number of esters is 1. The second-order valence-corrected chi connectivity index (χ2v) is 10.1. The number of aromatic nitrogens is 1. The van der Waals surface area contributed by atoms with Gasteiger partial charge in [0, 0.05) is 34.3 Å². The van der Waals surface area contributed by atoms with Crippen molar-refractivity contribution >= 4 is 38.5 Å². The molecule has 0 amide bonds. The summed E-state index contributed by atoms with van der Waals surface area (Å²) in [4.78, 5) is 14.9. The molecule has 0 atom stereocenters. The first-order valence-electron chi connectivity index (χ1n) is 10.3. The van der Waals surface area contributed by atoms with Crippen molar-refractivity contribution in [3.05, 3.63) is 53.6 Å². The molecule has 1 aliphatic rings. The average molecular weight is 461 g/mol. The van der Waals surface area contributed by atoms with Crippen molar-refractivity contribution in [3.63, 3.8) is 0 Å². The molecule has 1 saturated carbocycles. The monoisotopic (exact) mass is 460 g/mol. The fourth-order valence-corrected chi connectivity index (χ4v) is 5.80. The van der Waals surface area contributed by atoms with Crippen molar-refractivity contribution in [1.82, 2.24) is 4.98 Å². The van der Waals surface area contributed by atoms with E-state index in [-0.39, 0.29) is 22.8 Å². The van der Waals surface area contributed by atoms with Crippen LogP contribution in [0, 0.1) is 0 Å². The molecule has 0 spiro atoms. The number of nitrogens with two attached hydrogens (primary N) is 1. The van der Waals surface area contributed by atoms with Gasteiger partial charge in [-0.2, -0.15) is 0 Å². The van der Waals surface area contributed by atoms with Crippen molar-refractivity contribution in [3.8, 4) is 11.3 Å². The minimum absolute atomic E-state index is 0.0281. The lowest BCUT2D eigenvalue weighted by molar-refractivity contribution is -0.142. The Morgan fingerprint density at radius 1 is 1.13 bits per heavy atom. The highest BCUT2D eigenvalue weighted by atomic mass is 35.5. The zero-order valence-corrected chi connectivity index (χ0v) is 18.8. The Morgan fingerprint density at radius 3 is 2.52 bits per heavy atom. The molecule has 3 N–H and O–H groups in total. The molecule has 3 aromatic rings. The Hall–Kier alpha value is -2.35. The summed E-state index contributed by atoms with van der Waals surface area (Å²) in [5.41, 5.74) is 3.36. The van der Waals surface area contributed by atoms with Gasteiger partial charge in [-0.15, -0.1) is 11.6 Å². The van der Waals surface area contributed by atoms with Crippen LogP contribution in [0.4, 0.5) is 0 Å². The number of primary sulfonamides is 1. The molecule has 0 aliphatic heterocycles. The lowest BCUT2D eigenvalue weighted by Gasteiger charge is -2.27. The number of hydrogen-bond acceptors (Lipinski definition) is 4. The summed E-state index contributed by atoms with van der Waals surface area (Å²) in [6, 6.07) is 13.0. The van der Waals surface area contributed by atoms with Crippen molar-refractivity contribution in [2.75, 3.05) is 0 Å². The largest absolute Gasteiger partial charge is 0.461 e. The third kappa shape index (κ3) is 4.49. The minimum Gasteiger partial charge on any atom is -0.461 e. The van der Waals surface area contributed by atoms with E-state index in [1.165, 1.54) is 6.92 Å². The number of sulfonamides is 1. The van der Waals surface area contributed by atoms with E-state index in [1.807, 2.05) is 36.4 Å². The van der Waals surface area contributed by atoms with Crippen LogP contribution in [0.25, 0.3) is 22.2 Å². The van der Waals surface area contributed by atoms with Crippen LogP contribution in [0.2, 0.25) is 0 Å². The van der Waals surface area contributed by atoms with E-state index in [9.17, 15) is 13.2 Å². The molecular weight excluding hydrogens is 436 g/mol. The summed E-state index contributed by atoms with van der Waals surface area (Å²) < 4.78 is 30.9. The second kappa shape index (κ2) is 8.65. The Labute approximate surface area is 186 Å². The predicted molar refractivity (Wildman–Crippen MR) is 121 cm³/mol. The number of para-hydroxylation sites is 1. The van der Waals surface area contributed by atoms with Gasteiger partial charge in [0.05, 0.1) is 10.6 Å². The maximum Gasteiger partial charge on any atom is 0.302 e. The first-order chi connectivity index (χ1) is 14.8. The summed E-state index contributed by atoms with van der Waals surface area (Å²) in [5.74, 6) is -0.334. The van der Waals surface area contributed by atoms with Crippen molar-refractivity contribution < 1.29 is 17.9 Å². The van der Waals surface area contributed by atoms with Gasteiger partial charge in [0.15, 0.2) is 0 Å². The topological polar surface area (TPSA) is 102 Å². The summed E-state index contributed by atoms with van der Waals surface area (Å²) in [6.45, 7) is 1.37. The highest BCUT2D eigenvalue weighted by molar-refractivity contribution is 7.89. The van der Waals surface area contributed by atoms with Crippen LogP contribution in [-0.4, -0.2) is 24.7 Å². The zero-order valence-electron chi connectivity index (χ0n) is 17.2. The quantitative estimate of drug-likeness (QED) is 0.421. The maximum atomic E-state index is 12.8. The SMILES string of the molecule is CC(=O)OCc1c(-c2cccc(C3CCC(Cl)CC3)c2S(N)(=O)=O)[nH]c2ccccc12. The normalized spacial score (nSPS) is 19.5. The number of ether oxygens (including phenoxy) is 1. The molecule has 0 unspecified atom stereocenters. The molecule has 0 radical (unpaired) electrons.